The van der Waals surface area contributed by atoms with Gasteiger partial charge in [-0.15, -0.1) is 5.54 Å². The number of hydrogen-bond acceptors (Lipinski definition) is 2. The minimum atomic E-state index is -1.55. The molecule has 0 saturated carbocycles. The van der Waals surface area contributed by atoms with Crippen molar-refractivity contribution in [3.05, 3.63) is 82.8 Å². The van der Waals surface area contributed by atoms with Gasteiger partial charge in [0.05, 0.1) is 11.2 Å². The van der Waals surface area contributed by atoms with Crippen LogP contribution in [0.2, 0.25) is 19.6 Å². The molecule has 2 aromatic rings. The Kier molecular flexibility index (Phi) is 7.01. The van der Waals surface area contributed by atoms with Crippen LogP contribution in [0, 0.1) is 11.5 Å². The molecule has 4 heteroatoms. The van der Waals surface area contributed by atoms with E-state index in [1.165, 1.54) is 11.1 Å². The van der Waals surface area contributed by atoms with Gasteiger partial charge in [0.15, 0.2) is 0 Å². The van der Waals surface area contributed by atoms with Crippen LogP contribution in [0.3, 0.4) is 0 Å². The van der Waals surface area contributed by atoms with E-state index in [1.807, 2.05) is 0 Å². The van der Waals surface area contributed by atoms with E-state index in [1.54, 1.807) is 0 Å². The summed E-state index contributed by atoms with van der Waals surface area (Å²) < 4.78 is 13.0. The zero-order valence-corrected chi connectivity index (χ0v) is 21.1. The first-order valence-corrected chi connectivity index (χ1v) is 14.7. The van der Waals surface area contributed by atoms with E-state index in [0.717, 1.165) is 23.9 Å². The SMILES string of the molecule is CC1(C)OB(/C(Cc2ccccc2)=C(/C#C[Si](C)(C)C)Cc2ccccc2)OC1(C)C. The van der Waals surface area contributed by atoms with Crippen LogP contribution in [-0.2, 0) is 22.2 Å². The van der Waals surface area contributed by atoms with E-state index in [2.05, 4.69) is 119 Å². The summed E-state index contributed by atoms with van der Waals surface area (Å²) in [5.41, 5.74) is 7.58. The molecule has 31 heavy (non-hydrogen) atoms. The second kappa shape index (κ2) is 9.20. The molecule has 0 aromatic heterocycles. The lowest BCUT2D eigenvalue weighted by Gasteiger charge is -2.32. The van der Waals surface area contributed by atoms with Gasteiger partial charge in [-0.3, -0.25) is 0 Å². The third-order valence-corrected chi connectivity index (χ3v) is 6.85. The summed E-state index contributed by atoms with van der Waals surface area (Å²) in [6, 6.07) is 21.1. The summed E-state index contributed by atoms with van der Waals surface area (Å²) in [5, 5.41) is 0. The first-order valence-electron chi connectivity index (χ1n) is 11.2. The molecule has 3 rings (SSSR count). The number of hydrogen-bond donors (Lipinski definition) is 0. The molecule has 1 heterocycles. The molecular weight excluding hydrogens is 395 g/mol. The van der Waals surface area contributed by atoms with Crippen molar-refractivity contribution in [2.75, 3.05) is 0 Å². The van der Waals surface area contributed by atoms with E-state index in [4.69, 9.17) is 9.31 Å². The van der Waals surface area contributed by atoms with Crippen molar-refractivity contribution >= 4 is 15.2 Å². The second-order valence-corrected chi connectivity index (χ2v) is 15.2. The van der Waals surface area contributed by atoms with E-state index < -0.39 is 15.2 Å². The lowest BCUT2D eigenvalue weighted by Crippen LogP contribution is -2.41. The first-order chi connectivity index (χ1) is 14.5. The average molecular weight is 430 g/mol. The van der Waals surface area contributed by atoms with Gasteiger partial charge in [-0.2, -0.15) is 0 Å². The number of benzene rings is 2. The average Bonchev–Trinajstić information content (AvgIpc) is 2.91. The van der Waals surface area contributed by atoms with Crippen molar-refractivity contribution in [3.63, 3.8) is 0 Å². The van der Waals surface area contributed by atoms with Crippen LogP contribution in [-0.4, -0.2) is 26.4 Å². The van der Waals surface area contributed by atoms with Crippen molar-refractivity contribution in [2.24, 2.45) is 0 Å². The Balaban J connectivity index is 2.12. The predicted octanol–water partition coefficient (Wildman–Crippen LogP) is 6.28. The largest absolute Gasteiger partial charge is 0.491 e. The van der Waals surface area contributed by atoms with Crippen LogP contribution in [0.4, 0.5) is 0 Å². The summed E-state index contributed by atoms with van der Waals surface area (Å²) >= 11 is 0. The smallest absolute Gasteiger partial charge is 0.400 e. The van der Waals surface area contributed by atoms with Gasteiger partial charge < -0.3 is 9.31 Å². The summed E-state index contributed by atoms with van der Waals surface area (Å²) in [6.07, 6.45) is 1.55. The van der Waals surface area contributed by atoms with Gasteiger partial charge in [-0.25, -0.2) is 0 Å². The van der Waals surface area contributed by atoms with E-state index in [9.17, 15) is 0 Å². The van der Waals surface area contributed by atoms with Gasteiger partial charge in [0, 0.05) is 12.0 Å². The Morgan fingerprint density at radius 1 is 0.774 bits per heavy atom. The molecule has 0 spiro atoms. The molecule has 1 fully saturated rings. The van der Waals surface area contributed by atoms with Crippen molar-refractivity contribution in [1.82, 2.24) is 0 Å². The lowest BCUT2D eigenvalue weighted by atomic mass is 9.71. The fraction of sp³-hybridized carbons (Fsp3) is 0.407. The molecule has 1 aliphatic heterocycles. The van der Waals surface area contributed by atoms with Crippen LogP contribution in [0.15, 0.2) is 71.7 Å². The Bertz CT molecular complexity index is 961. The highest BCUT2D eigenvalue weighted by molar-refractivity contribution is 6.83. The first kappa shape index (κ1) is 23.6. The fourth-order valence-corrected chi connectivity index (χ4v) is 3.96. The van der Waals surface area contributed by atoms with Gasteiger partial charge in [0.25, 0.3) is 0 Å². The van der Waals surface area contributed by atoms with Crippen molar-refractivity contribution in [2.45, 2.75) is 71.4 Å². The highest BCUT2D eigenvalue weighted by Gasteiger charge is 2.52. The molecule has 0 bridgehead atoms. The molecule has 0 N–H and O–H groups in total. The summed E-state index contributed by atoms with van der Waals surface area (Å²) in [7, 11) is -1.95. The quantitative estimate of drug-likeness (QED) is 0.411. The topological polar surface area (TPSA) is 18.5 Å². The molecule has 0 amide bonds. The molecule has 1 aliphatic rings. The zero-order valence-electron chi connectivity index (χ0n) is 20.1. The van der Waals surface area contributed by atoms with Crippen LogP contribution in [0.5, 0.6) is 0 Å². The maximum atomic E-state index is 6.51. The Morgan fingerprint density at radius 3 is 1.68 bits per heavy atom. The monoisotopic (exact) mass is 430 g/mol. The predicted molar refractivity (Wildman–Crippen MR) is 135 cm³/mol. The zero-order chi connectivity index (χ0) is 22.7. The molecule has 2 aromatic carbocycles. The highest BCUT2D eigenvalue weighted by atomic mass is 28.3. The van der Waals surface area contributed by atoms with Crippen LogP contribution in [0.25, 0.3) is 0 Å². The molecular formula is C27H35BO2Si. The Morgan fingerprint density at radius 2 is 1.23 bits per heavy atom. The normalized spacial score (nSPS) is 18.2. The maximum absolute atomic E-state index is 6.51. The van der Waals surface area contributed by atoms with E-state index in [-0.39, 0.29) is 11.2 Å². The number of rotatable bonds is 5. The third-order valence-electron chi connectivity index (χ3n) is 5.97. The molecule has 0 radical (unpaired) electrons. The molecule has 0 aliphatic carbocycles. The van der Waals surface area contributed by atoms with E-state index in [0.29, 0.717) is 0 Å². The van der Waals surface area contributed by atoms with Gasteiger partial charge in [-0.1, -0.05) is 86.2 Å². The van der Waals surface area contributed by atoms with Gasteiger partial charge >= 0.3 is 7.12 Å². The fourth-order valence-electron chi connectivity index (χ4n) is 3.43. The lowest BCUT2D eigenvalue weighted by molar-refractivity contribution is 0.00578. The minimum absolute atomic E-state index is 0.385. The second-order valence-electron chi connectivity index (χ2n) is 10.4. The molecule has 1 saturated heterocycles. The Hall–Kier alpha value is -2.06. The van der Waals surface area contributed by atoms with Crippen molar-refractivity contribution < 1.29 is 9.31 Å². The maximum Gasteiger partial charge on any atom is 0.491 e. The van der Waals surface area contributed by atoms with Gasteiger partial charge in [0.1, 0.15) is 8.07 Å². The number of allylic oxidation sites excluding steroid dienone is 2. The summed E-state index contributed by atoms with van der Waals surface area (Å²) in [6.45, 7) is 15.3. The van der Waals surface area contributed by atoms with E-state index >= 15 is 0 Å². The minimum Gasteiger partial charge on any atom is -0.400 e. The highest BCUT2D eigenvalue weighted by Crippen LogP contribution is 2.40. The standard InChI is InChI=1S/C27H35BO2Si/c1-26(2)27(3,4)30-28(29-26)25(21-23-16-12-9-13-17-23)24(18-19-31(5,6)7)20-22-14-10-8-11-15-22/h8-17H,20-21H2,1-7H3/b25-24-. The molecule has 162 valence electrons. The molecule has 0 atom stereocenters. The summed E-state index contributed by atoms with van der Waals surface area (Å²) in [4.78, 5) is 0. The molecule has 0 unspecified atom stereocenters. The Labute approximate surface area is 190 Å². The van der Waals surface area contributed by atoms with Crippen LogP contribution in [0.1, 0.15) is 38.8 Å². The van der Waals surface area contributed by atoms with Gasteiger partial charge in [-0.05, 0) is 50.7 Å². The summed E-state index contributed by atoms with van der Waals surface area (Å²) in [5.74, 6) is 3.59. The molecule has 2 nitrogen and oxygen atoms in total. The van der Waals surface area contributed by atoms with Gasteiger partial charge in [0.2, 0.25) is 0 Å². The van der Waals surface area contributed by atoms with Crippen molar-refractivity contribution in [3.8, 4) is 11.5 Å². The van der Waals surface area contributed by atoms with Crippen LogP contribution >= 0.6 is 0 Å². The van der Waals surface area contributed by atoms with Crippen molar-refractivity contribution in [1.29, 1.82) is 0 Å². The third kappa shape index (κ3) is 6.23. The van der Waals surface area contributed by atoms with Crippen LogP contribution < -0.4 is 0 Å².